The zero-order chi connectivity index (χ0) is 21.6. The predicted octanol–water partition coefficient (Wildman–Crippen LogP) is 4.53. The van der Waals surface area contributed by atoms with Gasteiger partial charge in [-0.1, -0.05) is 12.1 Å². The highest BCUT2D eigenvalue weighted by Crippen LogP contribution is 2.49. The Morgan fingerprint density at radius 2 is 2.07 bits per heavy atom. The zero-order valence-corrected chi connectivity index (χ0v) is 18.3. The molecule has 1 fully saturated rings. The third-order valence-electron chi connectivity index (χ3n) is 6.33. The number of amides is 1. The quantitative estimate of drug-likeness (QED) is 0.695. The number of nitrogens with two attached hydrogens (primary N) is 1. The van der Waals surface area contributed by atoms with Gasteiger partial charge in [-0.05, 0) is 69.4 Å². The van der Waals surface area contributed by atoms with Crippen LogP contribution in [0.2, 0.25) is 0 Å². The molecule has 0 spiro atoms. The minimum absolute atomic E-state index is 0.104. The zero-order valence-electron chi connectivity index (χ0n) is 18.3. The van der Waals surface area contributed by atoms with Crippen LogP contribution in [0.1, 0.15) is 46.6 Å². The van der Waals surface area contributed by atoms with Crippen molar-refractivity contribution in [2.45, 2.75) is 53.1 Å². The van der Waals surface area contributed by atoms with Gasteiger partial charge in [-0.3, -0.25) is 9.89 Å². The third-order valence-corrected chi connectivity index (χ3v) is 6.33. The van der Waals surface area contributed by atoms with Crippen molar-refractivity contribution in [2.75, 3.05) is 5.32 Å². The molecule has 1 amide bonds. The van der Waals surface area contributed by atoms with Crippen molar-refractivity contribution in [1.82, 2.24) is 10.2 Å². The van der Waals surface area contributed by atoms with Crippen LogP contribution < -0.4 is 11.1 Å². The number of aromatic amines is 1. The van der Waals surface area contributed by atoms with Gasteiger partial charge in [0.05, 0.1) is 11.4 Å². The largest absolute Gasteiger partial charge is 0.492 e. The van der Waals surface area contributed by atoms with Crippen LogP contribution in [0.25, 0.3) is 11.3 Å². The number of carbonyl (C=O) groups is 1. The molecule has 1 aromatic heterocycles. The topological polar surface area (TPSA) is 93.0 Å². The first-order chi connectivity index (χ1) is 14.2. The lowest BCUT2D eigenvalue weighted by Gasteiger charge is -2.31. The number of anilines is 1. The molecule has 1 aliphatic heterocycles. The molecule has 6 heteroatoms. The van der Waals surface area contributed by atoms with E-state index in [4.69, 9.17) is 10.5 Å². The highest BCUT2D eigenvalue weighted by molar-refractivity contribution is 5.93. The van der Waals surface area contributed by atoms with Crippen LogP contribution in [0.5, 0.6) is 0 Å². The molecule has 0 bridgehead atoms. The van der Waals surface area contributed by atoms with E-state index in [0.29, 0.717) is 0 Å². The molecule has 2 atom stereocenters. The maximum Gasteiger partial charge on any atom is 0.221 e. The van der Waals surface area contributed by atoms with E-state index in [0.717, 1.165) is 52.4 Å². The fraction of sp³-hybridized carbons (Fsp3) is 0.417. The van der Waals surface area contributed by atoms with Crippen molar-refractivity contribution in [1.29, 1.82) is 0 Å². The summed E-state index contributed by atoms with van der Waals surface area (Å²) in [5.41, 5.74) is 13.4. The highest BCUT2D eigenvalue weighted by Gasteiger charge is 2.45. The Labute approximate surface area is 177 Å². The number of nitrogens with zero attached hydrogens (tertiary/aromatic N) is 1. The number of benzene rings is 1. The second-order valence-corrected chi connectivity index (χ2v) is 9.08. The molecule has 158 valence electrons. The molecule has 0 radical (unpaired) electrons. The number of allylic oxidation sites excluding steroid dienone is 4. The van der Waals surface area contributed by atoms with E-state index in [-0.39, 0.29) is 23.3 Å². The smallest absolute Gasteiger partial charge is 0.221 e. The highest BCUT2D eigenvalue weighted by atomic mass is 16.5. The Morgan fingerprint density at radius 1 is 1.30 bits per heavy atom. The van der Waals surface area contributed by atoms with E-state index >= 15 is 0 Å². The van der Waals surface area contributed by atoms with Crippen LogP contribution in [-0.4, -0.2) is 21.7 Å². The van der Waals surface area contributed by atoms with Crippen LogP contribution in [0.4, 0.5) is 5.69 Å². The van der Waals surface area contributed by atoms with Crippen LogP contribution in [-0.2, 0) is 16.0 Å². The fourth-order valence-corrected chi connectivity index (χ4v) is 4.77. The summed E-state index contributed by atoms with van der Waals surface area (Å²) in [5, 5.41) is 9.97. The molecule has 4 N–H and O–H groups in total. The summed E-state index contributed by atoms with van der Waals surface area (Å²) in [6, 6.07) is 8.08. The second kappa shape index (κ2) is 7.35. The number of hydrogen-bond acceptors (Lipinski definition) is 4. The van der Waals surface area contributed by atoms with Gasteiger partial charge in [0.15, 0.2) is 0 Å². The lowest BCUT2D eigenvalue weighted by atomic mass is 9.74. The number of nitrogens with one attached hydrogen (secondary N) is 2. The molecule has 1 aromatic carbocycles. The first-order valence-corrected chi connectivity index (χ1v) is 10.4. The predicted molar refractivity (Wildman–Crippen MR) is 118 cm³/mol. The maximum atomic E-state index is 11.8. The molecular weight excluding hydrogens is 376 g/mol. The number of H-pyrrole nitrogens is 1. The molecule has 0 saturated carbocycles. The van der Waals surface area contributed by atoms with Gasteiger partial charge in [-0.15, -0.1) is 0 Å². The average Bonchev–Trinajstić information content (AvgIpc) is 3.31. The molecule has 2 aromatic rings. The summed E-state index contributed by atoms with van der Waals surface area (Å²) < 4.78 is 6.32. The van der Waals surface area contributed by atoms with Gasteiger partial charge in [0.25, 0.3) is 0 Å². The molecule has 30 heavy (non-hydrogen) atoms. The molecule has 1 saturated heterocycles. The molecule has 6 nitrogen and oxygen atoms in total. The van der Waals surface area contributed by atoms with Crippen molar-refractivity contribution in [3.05, 3.63) is 58.6 Å². The monoisotopic (exact) mass is 406 g/mol. The summed E-state index contributed by atoms with van der Waals surface area (Å²) in [6.45, 7) is 9.99. The van der Waals surface area contributed by atoms with Crippen LogP contribution in [0.15, 0.2) is 53.1 Å². The summed E-state index contributed by atoms with van der Waals surface area (Å²) >= 11 is 0. The molecule has 4 rings (SSSR count). The van der Waals surface area contributed by atoms with Gasteiger partial charge >= 0.3 is 0 Å². The SMILES string of the molecule is CC(=O)Nc1cc(CC2C(N)=C(C)C(C)=C3OC(C)(C)CC32)ccc1-c1ccn[nH]1. The molecule has 1 aliphatic carbocycles. The standard InChI is InChI=1S/C24H30N4O2/c1-13-14(2)23-19(12-24(4,5)30-23)18(22(13)25)10-16-6-7-17(20-8-9-26-28-20)21(11-16)27-15(3)29/h6-9,11,18-19H,10,12,25H2,1-5H3,(H,26,28)(H,27,29). The average molecular weight is 407 g/mol. The Kier molecular flexibility index (Phi) is 4.96. The summed E-state index contributed by atoms with van der Waals surface area (Å²) in [4.78, 5) is 11.8. The minimum Gasteiger partial charge on any atom is -0.492 e. The van der Waals surface area contributed by atoms with E-state index in [2.05, 4.69) is 49.3 Å². The van der Waals surface area contributed by atoms with E-state index in [1.807, 2.05) is 18.2 Å². The van der Waals surface area contributed by atoms with Crippen LogP contribution in [0, 0.1) is 11.8 Å². The number of rotatable bonds is 4. The van der Waals surface area contributed by atoms with E-state index in [1.165, 1.54) is 12.5 Å². The number of aromatic nitrogens is 2. The van der Waals surface area contributed by atoms with E-state index in [1.54, 1.807) is 6.20 Å². The Balaban J connectivity index is 1.69. The van der Waals surface area contributed by atoms with Gasteiger partial charge in [0.1, 0.15) is 11.4 Å². The molecule has 2 aliphatic rings. The third kappa shape index (κ3) is 3.62. The maximum absolute atomic E-state index is 11.8. The van der Waals surface area contributed by atoms with Crippen molar-refractivity contribution in [3.63, 3.8) is 0 Å². The Morgan fingerprint density at radius 3 is 2.73 bits per heavy atom. The van der Waals surface area contributed by atoms with E-state index < -0.39 is 0 Å². The van der Waals surface area contributed by atoms with Gasteiger partial charge < -0.3 is 15.8 Å². The van der Waals surface area contributed by atoms with Gasteiger partial charge in [0, 0.05) is 36.2 Å². The Hall–Kier alpha value is -3.02. The lowest BCUT2D eigenvalue weighted by molar-refractivity contribution is -0.114. The number of ether oxygens (including phenoxy) is 1. The minimum atomic E-state index is -0.184. The van der Waals surface area contributed by atoms with E-state index in [9.17, 15) is 4.79 Å². The van der Waals surface area contributed by atoms with Crippen molar-refractivity contribution < 1.29 is 9.53 Å². The first kappa shape index (κ1) is 20.3. The first-order valence-electron chi connectivity index (χ1n) is 10.4. The molecule has 2 unspecified atom stereocenters. The van der Waals surface area contributed by atoms with Crippen molar-refractivity contribution in [3.8, 4) is 11.3 Å². The lowest BCUT2D eigenvalue weighted by Crippen LogP contribution is -2.29. The second-order valence-electron chi connectivity index (χ2n) is 9.08. The van der Waals surface area contributed by atoms with Gasteiger partial charge in [-0.25, -0.2) is 0 Å². The van der Waals surface area contributed by atoms with Crippen molar-refractivity contribution in [2.24, 2.45) is 17.6 Å². The Bertz CT molecular complexity index is 1050. The summed E-state index contributed by atoms with van der Waals surface area (Å²) in [5.74, 6) is 1.44. The normalized spacial score (nSPS) is 22.7. The summed E-state index contributed by atoms with van der Waals surface area (Å²) in [7, 11) is 0. The number of fused-ring (bicyclic) bond motifs is 1. The van der Waals surface area contributed by atoms with Crippen LogP contribution >= 0.6 is 0 Å². The summed E-state index contributed by atoms with van der Waals surface area (Å²) in [6.07, 6.45) is 3.44. The molecule has 2 heterocycles. The van der Waals surface area contributed by atoms with Gasteiger partial charge in [-0.2, -0.15) is 5.10 Å². The number of hydrogen-bond donors (Lipinski definition) is 3. The molecular formula is C24H30N4O2. The van der Waals surface area contributed by atoms with Crippen molar-refractivity contribution >= 4 is 11.6 Å². The van der Waals surface area contributed by atoms with Crippen LogP contribution in [0.3, 0.4) is 0 Å². The van der Waals surface area contributed by atoms with Gasteiger partial charge in [0.2, 0.25) is 5.91 Å². The number of carbonyl (C=O) groups excluding carboxylic acids is 1. The fourth-order valence-electron chi connectivity index (χ4n) is 4.77.